The number of ether oxygens (including phenoxy) is 3. The van der Waals surface area contributed by atoms with Crippen molar-refractivity contribution in [2.75, 3.05) is 13.2 Å². The van der Waals surface area contributed by atoms with Crippen molar-refractivity contribution in [2.24, 2.45) is 57.7 Å². The predicted octanol–water partition coefficient (Wildman–Crippen LogP) is 3.68. The number of aliphatic hydroxyl groups is 1. The van der Waals surface area contributed by atoms with E-state index in [0.29, 0.717) is 24.9 Å². The number of allylic oxidation sites excluding steroid dienone is 1. The summed E-state index contributed by atoms with van der Waals surface area (Å²) in [7, 11) is 0. The van der Waals surface area contributed by atoms with Crippen molar-refractivity contribution in [1.29, 1.82) is 0 Å². The van der Waals surface area contributed by atoms with Crippen LogP contribution in [0.4, 0.5) is 0 Å². The summed E-state index contributed by atoms with van der Waals surface area (Å²) in [5.74, 6) is 0.0776. The van der Waals surface area contributed by atoms with Gasteiger partial charge in [0.05, 0.1) is 30.8 Å². The van der Waals surface area contributed by atoms with Crippen LogP contribution in [0.15, 0.2) is 11.6 Å². The fraction of sp³-hybridized carbons (Fsp3) is 0.862. The lowest BCUT2D eigenvalue weighted by atomic mass is 9.43. The van der Waals surface area contributed by atoms with Crippen LogP contribution in [0.2, 0.25) is 0 Å². The lowest BCUT2D eigenvalue weighted by Gasteiger charge is -2.58. The maximum absolute atomic E-state index is 13.6. The first kappa shape index (κ1) is 25.0. The molecule has 6 rings (SSSR count). The van der Waals surface area contributed by atoms with Crippen LogP contribution in [0.5, 0.6) is 0 Å². The molecule has 4 aliphatic carbocycles. The van der Waals surface area contributed by atoms with Crippen LogP contribution in [0.3, 0.4) is 0 Å². The van der Waals surface area contributed by atoms with Gasteiger partial charge in [-0.05, 0) is 61.7 Å². The molecule has 0 radical (unpaired) electrons. The van der Waals surface area contributed by atoms with Gasteiger partial charge < -0.3 is 29.2 Å². The molecule has 0 amide bonds. The summed E-state index contributed by atoms with van der Waals surface area (Å²) in [4.78, 5) is 26.7. The minimum Gasteiger partial charge on any atom is -0.481 e. The molecule has 200 valence electrons. The van der Waals surface area contributed by atoms with Gasteiger partial charge in [-0.1, -0.05) is 45.8 Å². The molecule has 2 N–H and O–H groups in total. The van der Waals surface area contributed by atoms with Crippen LogP contribution in [-0.4, -0.2) is 60.3 Å². The largest absolute Gasteiger partial charge is 0.481 e. The Labute approximate surface area is 213 Å². The number of aldehydes is 1. The summed E-state index contributed by atoms with van der Waals surface area (Å²) in [5, 5.41) is 22.4. The molecule has 0 aromatic rings. The molecule has 2 saturated heterocycles. The van der Waals surface area contributed by atoms with Crippen LogP contribution in [-0.2, 0) is 23.8 Å². The van der Waals surface area contributed by atoms with Crippen LogP contribution in [0.25, 0.3) is 0 Å². The molecule has 2 unspecified atom stereocenters. The highest BCUT2D eigenvalue weighted by Crippen LogP contribution is 2.82. The summed E-state index contributed by atoms with van der Waals surface area (Å²) in [6, 6.07) is 0. The number of carbonyl (C=O) groups is 2. The third-order valence-corrected chi connectivity index (χ3v) is 11.7. The van der Waals surface area contributed by atoms with Crippen molar-refractivity contribution in [1.82, 2.24) is 0 Å². The second kappa shape index (κ2) is 8.11. The second-order valence-electron chi connectivity index (χ2n) is 13.3. The monoisotopic (exact) mass is 502 g/mol. The zero-order valence-corrected chi connectivity index (χ0v) is 22.2. The topological polar surface area (TPSA) is 102 Å². The number of rotatable bonds is 6. The fourth-order valence-corrected chi connectivity index (χ4v) is 10.3. The average molecular weight is 503 g/mol. The Balaban J connectivity index is 1.40. The molecule has 0 aromatic carbocycles. The molecule has 7 heteroatoms. The zero-order valence-electron chi connectivity index (χ0n) is 22.2. The first-order chi connectivity index (χ1) is 17.1. The summed E-state index contributed by atoms with van der Waals surface area (Å²) >= 11 is 0. The summed E-state index contributed by atoms with van der Waals surface area (Å²) in [5.41, 5.74) is -2.01. The van der Waals surface area contributed by atoms with E-state index in [1.807, 2.05) is 20.8 Å². The molecule has 3 saturated carbocycles. The smallest absolute Gasteiger partial charge is 0.315 e. The predicted molar refractivity (Wildman–Crippen MR) is 131 cm³/mol. The first-order valence-electron chi connectivity index (χ1n) is 14.0. The van der Waals surface area contributed by atoms with Crippen LogP contribution >= 0.6 is 0 Å². The molecule has 7 nitrogen and oxygen atoms in total. The van der Waals surface area contributed by atoms with Gasteiger partial charge in [-0.15, -0.1) is 0 Å². The SMILES string of the molecule is CC(C)C1=C[C@@H]2C[C@]3(C=O)[C@@H]4CC[C@@H](C)[C@H]4CC2(CO[C@@H]2O[C@H](C)[C@H]4OC[C@H](C)[C@H]4[C@@H]2O)C13C(=O)O. The Morgan fingerprint density at radius 3 is 2.64 bits per heavy atom. The number of carboxylic acid groups (broad SMARTS) is 1. The minimum atomic E-state index is -1.27. The quantitative estimate of drug-likeness (QED) is 0.422. The summed E-state index contributed by atoms with van der Waals surface area (Å²) < 4.78 is 18.5. The van der Waals surface area contributed by atoms with E-state index >= 15 is 0 Å². The number of carbonyl (C=O) groups excluding carboxylic acids is 1. The molecule has 13 atom stereocenters. The Kier molecular flexibility index (Phi) is 5.64. The van der Waals surface area contributed by atoms with Gasteiger partial charge in [0.15, 0.2) is 6.29 Å². The van der Waals surface area contributed by atoms with Gasteiger partial charge in [0.2, 0.25) is 0 Å². The molecule has 5 fully saturated rings. The van der Waals surface area contributed by atoms with Gasteiger partial charge >= 0.3 is 5.97 Å². The lowest BCUT2D eigenvalue weighted by Crippen LogP contribution is -2.64. The van der Waals surface area contributed by atoms with Gasteiger partial charge in [-0.25, -0.2) is 0 Å². The molecule has 0 spiro atoms. The average Bonchev–Trinajstić information content (AvgIpc) is 3.53. The molecule has 2 aliphatic heterocycles. The highest BCUT2D eigenvalue weighted by atomic mass is 16.7. The second-order valence-corrected chi connectivity index (χ2v) is 13.3. The van der Waals surface area contributed by atoms with Gasteiger partial charge in [0.25, 0.3) is 0 Å². The van der Waals surface area contributed by atoms with E-state index in [1.54, 1.807) is 0 Å². The number of hydrogen-bond acceptors (Lipinski definition) is 6. The molecule has 2 heterocycles. The molecule has 36 heavy (non-hydrogen) atoms. The summed E-state index contributed by atoms with van der Waals surface area (Å²) in [6.45, 7) is 11.1. The Morgan fingerprint density at radius 1 is 1.22 bits per heavy atom. The van der Waals surface area contributed by atoms with Crippen molar-refractivity contribution >= 4 is 12.3 Å². The Hall–Kier alpha value is -1.28. The van der Waals surface area contributed by atoms with Crippen LogP contribution < -0.4 is 0 Å². The van der Waals surface area contributed by atoms with E-state index in [4.69, 9.17) is 14.2 Å². The van der Waals surface area contributed by atoms with Gasteiger partial charge in [0.1, 0.15) is 17.8 Å². The van der Waals surface area contributed by atoms with Crippen molar-refractivity contribution in [2.45, 2.75) is 84.9 Å². The Bertz CT molecular complexity index is 977. The number of aliphatic hydroxyl groups excluding tert-OH is 1. The van der Waals surface area contributed by atoms with Crippen molar-refractivity contribution in [3.8, 4) is 0 Å². The third kappa shape index (κ3) is 2.73. The third-order valence-electron chi connectivity index (χ3n) is 11.7. The van der Waals surface area contributed by atoms with Gasteiger partial charge in [-0.2, -0.15) is 0 Å². The molecule has 0 aromatic heterocycles. The zero-order chi connectivity index (χ0) is 25.8. The minimum absolute atomic E-state index is 0.0225. The number of carboxylic acids is 1. The van der Waals surface area contributed by atoms with E-state index in [0.717, 1.165) is 31.1 Å². The van der Waals surface area contributed by atoms with E-state index in [-0.39, 0.29) is 48.4 Å². The molecule has 6 aliphatic rings. The van der Waals surface area contributed by atoms with E-state index in [2.05, 4.69) is 19.9 Å². The standard InChI is InChI=1S/C29H42O7/c1-14(2)21-8-18-9-27(12-30)20-7-6-15(3)19(20)10-28(18,29(21,27)26(32)33)13-35-25-23(31)22-16(4)11-34-24(22)17(5)36-25/h8,12,14-20,22-25,31H,6-7,9-11,13H2,1-5H3,(H,32,33)/t15-,16+,17-,18-,19-,20-,22+,23+,24-,25-,27+,28?,29?/m1/s1. The fourth-order valence-electron chi connectivity index (χ4n) is 10.3. The number of fused-ring (bicyclic) bond motifs is 3. The van der Waals surface area contributed by atoms with Gasteiger partial charge in [-0.3, -0.25) is 4.79 Å². The molecular weight excluding hydrogens is 460 g/mol. The maximum atomic E-state index is 13.6. The van der Waals surface area contributed by atoms with Crippen molar-refractivity contribution in [3.63, 3.8) is 0 Å². The Morgan fingerprint density at radius 2 is 1.97 bits per heavy atom. The van der Waals surface area contributed by atoms with E-state index in [9.17, 15) is 19.8 Å². The number of aliphatic carboxylic acids is 1. The van der Waals surface area contributed by atoms with E-state index < -0.39 is 34.6 Å². The highest BCUT2D eigenvalue weighted by molar-refractivity contribution is 5.90. The summed E-state index contributed by atoms with van der Waals surface area (Å²) in [6.07, 6.45) is 4.43. The number of hydrogen-bond donors (Lipinski definition) is 2. The lowest BCUT2D eigenvalue weighted by molar-refractivity contribution is -0.289. The highest BCUT2D eigenvalue weighted by Gasteiger charge is 2.84. The van der Waals surface area contributed by atoms with Crippen LogP contribution in [0.1, 0.15) is 60.3 Å². The van der Waals surface area contributed by atoms with Crippen molar-refractivity contribution < 1.29 is 34.0 Å². The first-order valence-corrected chi connectivity index (χ1v) is 14.0. The molecule has 4 bridgehead atoms. The maximum Gasteiger partial charge on any atom is 0.315 e. The van der Waals surface area contributed by atoms with Crippen molar-refractivity contribution in [3.05, 3.63) is 11.6 Å². The normalized spacial score (nSPS) is 54.9. The van der Waals surface area contributed by atoms with Gasteiger partial charge in [0, 0.05) is 11.3 Å². The van der Waals surface area contributed by atoms with Crippen LogP contribution in [0, 0.1) is 57.7 Å². The van der Waals surface area contributed by atoms with E-state index in [1.165, 1.54) is 0 Å². The molecular formula is C29H42O7.